The molecule has 48 heteroatoms. The Morgan fingerprint density at radius 1 is 0.552 bits per heavy atom. The molecule has 2 aromatic heterocycles. The summed E-state index contributed by atoms with van der Waals surface area (Å²) in [5.41, 5.74) is 19.6. The molecular weight excluding hydrogens is 1910 g/mol. The highest BCUT2D eigenvalue weighted by Crippen LogP contribution is 2.29. The quantitative estimate of drug-likeness (QED) is 0.0187. The highest BCUT2D eigenvalue weighted by molar-refractivity contribution is 8.00. The van der Waals surface area contributed by atoms with Gasteiger partial charge in [-0.3, -0.25) is 86.3 Å². The van der Waals surface area contributed by atoms with Crippen molar-refractivity contribution in [1.82, 2.24) is 92.5 Å². The van der Waals surface area contributed by atoms with Crippen LogP contribution in [0.5, 0.6) is 5.75 Å². The van der Waals surface area contributed by atoms with Crippen LogP contribution in [0.4, 0.5) is 0 Å². The monoisotopic (exact) mass is 2050 g/mol. The number of carbonyl (C=O) groups excluding carboxylic acids is 17. The van der Waals surface area contributed by atoms with Gasteiger partial charge < -0.3 is 151 Å². The first kappa shape index (κ1) is 117. The summed E-state index contributed by atoms with van der Waals surface area (Å²) in [6.07, 6.45) is -8.23. The molecule has 17 amide bonds. The predicted molar refractivity (Wildman–Crippen MR) is 530 cm³/mol. The van der Waals surface area contributed by atoms with Gasteiger partial charge in [-0.1, -0.05) is 116 Å². The number of carbonyl (C=O) groups is 18. The van der Waals surface area contributed by atoms with Crippen molar-refractivity contribution in [2.24, 2.45) is 29.0 Å². The molecule has 145 heavy (non-hydrogen) atoms. The minimum Gasteiger partial charge on any atom is -0.508 e. The van der Waals surface area contributed by atoms with E-state index in [1.807, 2.05) is 13.8 Å². The maximum atomic E-state index is 16.0. The topological polar surface area (TPSA) is 716 Å². The van der Waals surface area contributed by atoms with Gasteiger partial charge in [-0.2, -0.15) is 0 Å². The molecule has 3 aromatic carbocycles. The zero-order valence-electron chi connectivity index (χ0n) is 83.3. The molecule has 5 aromatic rings. The number of hydrogen-bond acceptors (Lipinski definition) is 28. The zero-order chi connectivity index (χ0) is 107. The van der Waals surface area contributed by atoms with Crippen molar-refractivity contribution in [1.29, 1.82) is 0 Å². The Hall–Kier alpha value is -13.0. The van der Waals surface area contributed by atoms with Crippen LogP contribution in [0.15, 0.2) is 85.2 Å². The van der Waals surface area contributed by atoms with E-state index in [1.54, 1.807) is 82.4 Å². The Morgan fingerprint density at radius 3 is 1.74 bits per heavy atom. The molecule has 0 spiro atoms. The summed E-state index contributed by atoms with van der Waals surface area (Å²) in [5.74, 6) is -20.1. The number of carboxylic acid groups (broad SMARTS) is 1. The third-order valence-corrected chi connectivity index (χ3v) is 26.9. The number of aromatic nitrogens is 2. The van der Waals surface area contributed by atoms with Crippen LogP contribution in [0.1, 0.15) is 149 Å². The van der Waals surface area contributed by atoms with Crippen LogP contribution in [-0.2, 0) is 112 Å². The number of nitrogens with one attached hydrogen (secondary N) is 12. The number of benzene rings is 3. The molecule has 0 saturated carbocycles. The van der Waals surface area contributed by atoms with E-state index in [0.717, 1.165) is 36.3 Å². The van der Waals surface area contributed by atoms with Crippen molar-refractivity contribution in [2.45, 2.75) is 273 Å². The highest BCUT2D eigenvalue weighted by Gasteiger charge is 2.47. The number of aliphatic hydroxyl groups excluding tert-OH is 6. The summed E-state index contributed by atoms with van der Waals surface area (Å²) in [6, 6.07) is -3.62. The molecule has 8 rings (SSSR count). The second-order valence-electron chi connectivity index (χ2n) is 38.0. The zero-order valence-corrected chi connectivity index (χ0v) is 84.2. The lowest BCUT2D eigenvalue weighted by atomic mass is 9.99. The van der Waals surface area contributed by atoms with Crippen LogP contribution in [0.3, 0.4) is 0 Å². The number of aliphatic hydroxyl groups is 6. The van der Waals surface area contributed by atoms with Crippen molar-refractivity contribution < 1.29 is 127 Å². The Bertz CT molecular complexity index is 5350. The minimum atomic E-state index is -2.14. The summed E-state index contributed by atoms with van der Waals surface area (Å²) in [5, 5.41) is 114. The van der Waals surface area contributed by atoms with Crippen molar-refractivity contribution in [3.63, 3.8) is 0 Å². The Labute approximate surface area is 843 Å². The van der Waals surface area contributed by atoms with Crippen molar-refractivity contribution >= 4 is 140 Å². The number of phenols is 1. The fraction of sp³-hybridized carbons (Fsp3) is 0.588. The highest BCUT2D eigenvalue weighted by atomic mass is 32.2. The molecule has 3 fully saturated rings. The van der Waals surface area contributed by atoms with Gasteiger partial charge in [-0.15, -0.1) is 11.8 Å². The number of para-hydroxylation sites is 2. The van der Waals surface area contributed by atoms with E-state index in [2.05, 4.69) is 63.5 Å². The number of fused-ring (bicyclic) bond motifs is 4. The number of primary amides is 2. The molecule has 0 aliphatic carbocycles. The number of carboxylic acids is 1. The Balaban J connectivity index is 1.24. The fourth-order valence-electron chi connectivity index (χ4n) is 17.8. The van der Waals surface area contributed by atoms with E-state index in [-0.39, 0.29) is 82.5 Å². The van der Waals surface area contributed by atoms with Gasteiger partial charge in [0.05, 0.1) is 37.5 Å². The van der Waals surface area contributed by atoms with Crippen molar-refractivity contribution in [3.8, 4) is 5.75 Å². The fourth-order valence-corrected chi connectivity index (χ4v) is 18.7. The van der Waals surface area contributed by atoms with Crippen molar-refractivity contribution in [3.05, 3.63) is 102 Å². The first-order chi connectivity index (χ1) is 68.7. The summed E-state index contributed by atoms with van der Waals surface area (Å²) < 4.78 is 1.42. The summed E-state index contributed by atoms with van der Waals surface area (Å²) in [6.45, 7) is 6.87. The molecule has 5 heterocycles. The van der Waals surface area contributed by atoms with Crippen LogP contribution in [0.25, 0.3) is 21.8 Å². The van der Waals surface area contributed by atoms with Gasteiger partial charge >= 0.3 is 5.97 Å². The molecule has 3 saturated heterocycles. The summed E-state index contributed by atoms with van der Waals surface area (Å²) in [4.78, 5) is 273. The third kappa shape index (κ3) is 33.3. The summed E-state index contributed by atoms with van der Waals surface area (Å²) >= 11 is 0.758. The number of aromatic amines is 1. The molecule has 0 bridgehead atoms. The first-order valence-electron chi connectivity index (χ1n) is 48.8. The van der Waals surface area contributed by atoms with E-state index in [9.17, 15) is 79.2 Å². The van der Waals surface area contributed by atoms with Crippen LogP contribution >= 0.6 is 11.8 Å². The van der Waals surface area contributed by atoms with E-state index < -0.39 is 298 Å². The molecule has 19 atom stereocenters. The van der Waals surface area contributed by atoms with Gasteiger partial charge in [0.1, 0.15) is 115 Å². The van der Waals surface area contributed by atoms with Crippen LogP contribution in [-0.4, -0.2) is 375 Å². The van der Waals surface area contributed by atoms with E-state index >= 15 is 47.9 Å². The molecule has 0 unspecified atom stereocenters. The van der Waals surface area contributed by atoms with E-state index in [0.29, 0.717) is 64.2 Å². The van der Waals surface area contributed by atoms with Crippen LogP contribution < -0.4 is 75.7 Å². The number of unbranched alkanes of at least 4 members (excludes halogenated alkanes) is 2. The molecule has 47 nitrogen and oxygen atoms in total. The SMILES string of the molecule is CCCC[C@H]1C(=O)N(C)[C@@H](CCCC)C(=O)N[C@@H](CC(C)C)C(=O)N[C@H](C(=O)NCC(N)=O)CSCC(=O)N[C@@H](Cc2ccc(O)cc2)C(=O)N(C)[C@@H](C)C(=O)N[C@@H](CC(N)=O)C(=O)N2CCC[C@H]2C(=O)N[C@@H](CNC[C@H](O)[C@H](O)[C@@H](O)[C@@H](O)CO)C(=O)N[C@@H](CC(C)C)C(=O)N2C[C@H](O)C[C@H]2C(=O)N[C@@H](Cc2c[nH]c3ccccc23)C(=O)N[C@@H](CCN)C(=O)N[C@@H](Cc2cn(CC(=O)O)c3ccccc23)C(=O)N1C. The third-order valence-electron chi connectivity index (χ3n) is 25.9. The van der Waals surface area contributed by atoms with Crippen LogP contribution in [0, 0.1) is 11.8 Å². The number of likely N-dealkylation sites (N-methyl/N-ethyl adjacent to an activating group) is 3. The van der Waals surface area contributed by atoms with Crippen LogP contribution in [0.2, 0.25) is 0 Å². The molecule has 798 valence electrons. The van der Waals surface area contributed by atoms with Gasteiger partial charge in [0, 0.05) is 113 Å². The lowest BCUT2D eigenvalue weighted by Crippen LogP contribution is -2.62. The van der Waals surface area contributed by atoms with E-state index in [4.69, 9.17) is 17.2 Å². The number of hydrogen-bond donors (Lipinski definition) is 23. The smallest absolute Gasteiger partial charge is 0.323 e. The van der Waals surface area contributed by atoms with Gasteiger partial charge in [0.2, 0.25) is 100 Å². The lowest BCUT2D eigenvalue weighted by molar-refractivity contribution is -0.149. The average molecular weight is 2050 g/mol. The Morgan fingerprint density at radius 2 is 1.10 bits per heavy atom. The number of nitrogens with zero attached hydrogens (tertiary/aromatic N) is 6. The largest absolute Gasteiger partial charge is 0.508 e. The molecule has 0 radical (unpaired) electrons. The second-order valence-corrected chi connectivity index (χ2v) is 39.1. The maximum Gasteiger partial charge on any atom is 0.323 e. The number of rotatable bonds is 33. The van der Waals surface area contributed by atoms with E-state index in [1.165, 1.54) is 63.1 Å². The number of phenolic OH excluding ortho intramolecular Hbond substituents is 1. The second kappa shape index (κ2) is 55.9. The standard InChI is InChI=1S/C97H143N21O26S/c1-11-13-23-72-90(137)106-63(34-51(3)4)87(134)112-70(85(132)103-44-79(100)125)49-145-50-80(126)104-66(36-54-27-29-57(120)30-28-54)93(140)113(8)53(7)84(131)108-68(40-78(99)124)95(142)117-33-19-26-73(117)91(138)111-69(42-101-43-76(122)82(129)83(130)77(123)48-119)89(136)109-65(35-52(5)6)96(143)118-46-58(121)39-75(118)92(139)107-64(37-55-41-102-61-22-17-15-20-59(55)61)88(135)105-62(31-32-98)86(133)110-67(94(141)115(10)74(24-14-12-2)97(144)114(72)9)38-56-45-116(47-81(127)128)71-25-18-16-21-60(56)71/h15-18,20-22,25,27-30,41,45,51-53,58,62-70,72-77,82-83,101-102,119-123,129-130H,11-14,19,23-24,26,31-40,42-44,46-50,98H2,1-10H3,(H2,99,124)(H2,100,125)(H,103,132)(H,104,126)(H,105,135)(H,106,137)(H,107,139)(H,108,131)(H,109,136)(H,110,133)(H,111,138)(H,112,134)(H,127,128)/t53-,58+,62-,63-,64-,65-,66-,67-,68-,69-,70-,72-,73-,74-,75-,76-,77-,82-,83-/m0/s1. The number of aliphatic carboxylic acids is 1. The first-order valence-corrected chi connectivity index (χ1v) is 50.0. The molecule has 26 N–H and O–H groups in total. The minimum absolute atomic E-state index is 0.0194. The number of thioether (sulfide) groups is 1. The van der Waals surface area contributed by atoms with Gasteiger partial charge in [-0.25, -0.2) is 0 Å². The summed E-state index contributed by atoms with van der Waals surface area (Å²) in [7, 11) is 3.84. The van der Waals surface area contributed by atoms with Crippen molar-refractivity contribution in [2.75, 3.05) is 78.5 Å². The Kier molecular flexibility index (Phi) is 45.2. The van der Waals surface area contributed by atoms with Gasteiger partial charge in [-0.05, 0) is 111 Å². The van der Waals surface area contributed by atoms with Gasteiger partial charge in [0.15, 0.2) is 0 Å². The number of aromatic hydroxyl groups is 1. The maximum absolute atomic E-state index is 16.0. The molecule has 3 aliphatic rings. The normalized spacial score (nSPS) is 24.9. The average Bonchev–Trinajstić information content (AvgIpc) is 1.64. The number of amides is 17. The number of H-pyrrole nitrogens is 1. The lowest BCUT2D eigenvalue weighted by Gasteiger charge is -2.36. The number of nitrogens with two attached hydrogens (primary N) is 3. The molecular formula is C97H143N21O26S. The van der Waals surface area contributed by atoms with Gasteiger partial charge in [0.25, 0.3) is 0 Å². The predicted octanol–water partition coefficient (Wildman–Crippen LogP) is -5.17. The molecule has 3 aliphatic heterocycles.